The highest BCUT2D eigenvalue weighted by molar-refractivity contribution is 6.11. The minimum atomic E-state index is 0.652. The second-order valence-corrected chi connectivity index (χ2v) is 13.6. The van der Waals surface area contributed by atoms with Gasteiger partial charge in [0.1, 0.15) is 5.58 Å². The van der Waals surface area contributed by atoms with Crippen LogP contribution in [0.4, 0.5) is 17.1 Å². The Morgan fingerprint density at radius 3 is 2.00 bits per heavy atom. The summed E-state index contributed by atoms with van der Waals surface area (Å²) in [6.07, 6.45) is 8.98. The van der Waals surface area contributed by atoms with Crippen LogP contribution < -0.4 is 4.90 Å². The number of hydrogen-bond donors (Lipinski definition) is 0. The minimum absolute atomic E-state index is 0.652. The van der Waals surface area contributed by atoms with Crippen LogP contribution in [0.5, 0.6) is 0 Å². The summed E-state index contributed by atoms with van der Waals surface area (Å²) in [5.41, 5.74) is 13.6. The summed E-state index contributed by atoms with van der Waals surface area (Å²) < 4.78 is 8.84. The van der Waals surface area contributed by atoms with Gasteiger partial charge in [-0.15, -0.1) is 0 Å². The molecule has 0 saturated carbocycles. The molecule has 1 aliphatic carbocycles. The maximum absolute atomic E-state index is 9.36. The molecule has 4 heteroatoms. The van der Waals surface area contributed by atoms with Crippen molar-refractivity contribution in [3.05, 3.63) is 187 Å². The minimum Gasteiger partial charge on any atom is -0.454 e. The van der Waals surface area contributed by atoms with Crippen molar-refractivity contribution in [3.8, 4) is 22.9 Å². The summed E-state index contributed by atoms with van der Waals surface area (Å²) in [7, 11) is 0. The van der Waals surface area contributed by atoms with Crippen LogP contribution in [0.2, 0.25) is 0 Å². The second kappa shape index (κ2) is 12.6. The molecule has 0 fully saturated rings. The average Bonchev–Trinajstić information content (AvgIpc) is 3.78. The number of hydrogen-bond acceptors (Lipinski definition) is 3. The molecule has 0 bridgehead atoms. The summed E-state index contributed by atoms with van der Waals surface area (Å²) >= 11 is 0. The molecule has 9 aromatic rings. The molecular weight excluding hydrogens is 647 g/mol. The monoisotopic (exact) mass is 679 g/mol. The van der Waals surface area contributed by atoms with E-state index in [2.05, 4.69) is 155 Å². The van der Waals surface area contributed by atoms with Crippen LogP contribution >= 0.6 is 0 Å². The predicted octanol–water partition coefficient (Wildman–Crippen LogP) is 13.4. The van der Waals surface area contributed by atoms with Crippen molar-refractivity contribution in [2.75, 3.05) is 4.90 Å². The van der Waals surface area contributed by atoms with E-state index in [1.807, 2.05) is 36.4 Å². The lowest BCUT2D eigenvalue weighted by molar-refractivity contribution is 0.669. The van der Waals surface area contributed by atoms with E-state index in [1.54, 1.807) is 0 Å². The molecule has 0 radical (unpaired) electrons. The van der Waals surface area contributed by atoms with Gasteiger partial charge in [-0.3, -0.25) is 0 Å². The van der Waals surface area contributed by atoms with Crippen LogP contribution in [0.25, 0.3) is 66.1 Å². The molecule has 0 spiro atoms. The predicted molar refractivity (Wildman–Crippen MR) is 219 cm³/mol. The topological polar surface area (TPSA) is 45.1 Å². The molecule has 1 aliphatic rings. The van der Waals surface area contributed by atoms with E-state index in [4.69, 9.17) is 4.42 Å². The molecule has 4 nitrogen and oxygen atoms in total. The number of allylic oxidation sites excluding steroid dienone is 4. The molecule has 0 amide bonds. The molecule has 0 aliphatic heterocycles. The Balaban J connectivity index is 1.08. The molecule has 2 heterocycles. The Morgan fingerprint density at radius 1 is 0.566 bits per heavy atom. The Bertz CT molecular complexity index is 2930. The Labute approximate surface area is 307 Å². The smallest absolute Gasteiger partial charge is 0.159 e. The summed E-state index contributed by atoms with van der Waals surface area (Å²) in [4.78, 5) is 2.30. The summed E-state index contributed by atoms with van der Waals surface area (Å²) in [6, 6.07) is 57.7. The standard InChI is InChI=1S/C49H33N3O/c50-32-33-17-24-40(25-18-33)52-45-14-6-4-11-41(45)44-31-37(23-30-46(44)52)36-21-28-39(29-22-36)51(38-26-19-35(20-27-38)34-9-2-1-3-10-34)47-15-8-13-43-42-12-5-7-16-48(42)53-49(43)47/h2,4-31H,1,3H2. The summed E-state index contributed by atoms with van der Waals surface area (Å²) in [5.74, 6) is 0. The Morgan fingerprint density at radius 2 is 1.25 bits per heavy atom. The third kappa shape index (κ3) is 5.22. The number of para-hydroxylation sites is 3. The van der Waals surface area contributed by atoms with Crippen molar-refractivity contribution < 1.29 is 4.42 Å². The lowest BCUT2D eigenvalue weighted by Gasteiger charge is -2.26. The highest BCUT2D eigenvalue weighted by atomic mass is 16.3. The van der Waals surface area contributed by atoms with Gasteiger partial charge in [-0.05, 0) is 114 Å². The van der Waals surface area contributed by atoms with Gasteiger partial charge >= 0.3 is 0 Å². The highest BCUT2D eigenvalue weighted by Crippen LogP contribution is 2.43. The van der Waals surface area contributed by atoms with Gasteiger partial charge in [-0.1, -0.05) is 97.1 Å². The number of aromatic nitrogens is 1. The first-order valence-electron chi connectivity index (χ1n) is 18.1. The number of nitrogens with zero attached hydrogens (tertiary/aromatic N) is 3. The zero-order valence-electron chi connectivity index (χ0n) is 28.9. The van der Waals surface area contributed by atoms with E-state index in [0.29, 0.717) is 5.56 Å². The Kier molecular flexibility index (Phi) is 7.30. The molecule has 53 heavy (non-hydrogen) atoms. The molecule has 10 rings (SSSR count). The molecule has 7 aromatic carbocycles. The third-order valence-electron chi connectivity index (χ3n) is 10.5. The fourth-order valence-electron chi connectivity index (χ4n) is 7.88. The van der Waals surface area contributed by atoms with Gasteiger partial charge in [0.15, 0.2) is 5.58 Å². The van der Waals surface area contributed by atoms with Crippen LogP contribution in [0.3, 0.4) is 0 Å². The number of rotatable bonds is 6. The zero-order valence-corrected chi connectivity index (χ0v) is 28.9. The fraction of sp³-hybridized carbons (Fsp3) is 0.0408. The van der Waals surface area contributed by atoms with Crippen molar-refractivity contribution >= 4 is 66.4 Å². The average molecular weight is 680 g/mol. The largest absolute Gasteiger partial charge is 0.454 e. The van der Waals surface area contributed by atoms with Crippen LogP contribution in [0.15, 0.2) is 180 Å². The molecule has 250 valence electrons. The molecule has 2 aromatic heterocycles. The van der Waals surface area contributed by atoms with Crippen molar-refractivity contribution in [2.45, 2.75) is 12.8 Å². The number of fused-ring (bicyclic) bond motifs is 6. The number of furan rings is 1. The van der Waals surface area contributed by atoms with Crippen LogP contribution in [0.1, 0.15) is 24.0 Å². The number of nitriles is 1. The number of benzene rings is 7. The Hall–Kier alpha value is -7.09. The normalized spacial score (nSPS) is 12.8. The van der Waals surface area contributed by atoms with Gasteiger partial charge in [-0.2, -0.15) is 5.26 Å². The first-order chi connectivity index (χ1) is 26.2. The maximum Gasteiger partial charge on any atom is 0.159 e. The van der Waals surface area contributed by atoms with E-state index in [0.717, 1.165) is 79.7 Å². The zero-order chi connectivity index (χ0) is 35.3. The number of anilines is 3. The lowest BCUT2D eigenvalue weighted by Crippen LogP contribution is -2.10. The highest BCUT2D eigenvalue weighted by Gasteiger charge is 2.20. The first kappa shape index (κ1) is 30.7. The second-order valence-electron chi connectivity index (χ2n) is 13.6. The van der Waals surface area contributed by atoms with Crippen molar-refractivity contribution in [3.63, 3.8) is 0 Å². The maximum atomic E-state index is 9.36. The van der Waals surface area contributed by atoms with Gasteiger partial charge in [0, 0.05) is 38.6 Å². The fourth-order valence-corrected chi connectivity index (χ4v) is 7.88. The van der Waals surface area contributed by atoms with Gasteiger partial charge in [0.2, 0.25) is 0 Å². The van der Waals surface area contributed by atoms with Crippen molar-refractivity contribution in [1.82, 2.24) is 4.57 Å². The molecule has 0 saturated heterocycles. The van der Waals surface area contributed by atoms with Crippen molar-refractivity contribution in [1.29, 1.82) is 5.26 Å². The molecule has 0 N–H and O–H groups in total. The van der Waals surface area contributed by atoms with E-state index in [9.17, 15) is 5.26 Å². The van der Waals surface area contributed by atoms with Gasteiger partial charge in [0.25, 0.3) is 0 Å². The van der Waals surface area contributed by atoms with Crippen molar-refractivity contribution in [2.24, 2.45) is 0 Å². The summed E-state index contributed by atoms with van der Waals surface area (Å²) in [5, 5.41) is 14.0. The van der Waals surface area contributed by atoms with Crippen LogP contribution in [-0.2, 0) is 0 Å². The molecule has 0 atom stereocenters. The summed E-state index contributed by atoms with van der Waals surface area (Å²) in [6.45, 7) is 0. The SMILES string of the molecule is N#Cc1ccc(-n2c3ccccc3c3cc(-c4ccc(N(c5ccc(C6=CCCC=C6)cc5)c5cccc6c5oc5ccccc56)cc4)ccc32)cc1. The molecular formula is C49H33N3O. The first-order valence-corrected chi connectivity index (χ1v) is 18.1. The van der Waals surface area contributed by atoms with E-state index < -0.39 is 0 Å². The van der Waals surface area contributed by atoms with Crippen LogP contribution in [0, 0.1) is 11.3 Å². The van der Waals surface area contributed by atoms with Gasteiger partial charge in [-0.25, -0.2) is 0 Å². The third-order valence-corrected chi connectivity index (χ3v) is 10.5. The quantitative estimate of drug-likeness (QED) is 0.176. The molecule has 0 unspecified atom stereocenters. The van der Waals surface area contributed by atoms with Crippen LogP contribution in [-0.4, -0.2) is 4.57 Å². The lowest BCUT2D eigenvalue weighted by atomic mass is 9.99. The van der Waals surface area contributed by atoms with E-state index in [1.165, 1.54) is 21.9 Å². The van der Waals surface area contributed by atoms with Gasteiger partial charge < -0.3 is 13.9 Å². The van der Waals surface area contributed by atoms with E-state index >= 15 is 0 Å². The van der Waals surface area contributed by atoms with E-state index in [-0.39, 0.29) is 0 Å². The van der Waals surface area contributed by atoms with Gasteiger partial charge in [0.05, 0.1) is 28.4 Å².